The van der Waals surface area contributed by atoms with E-state index in [1.54, 1.807) is 6.92 Å². The number of hydrogen-bond donors (Lipinski definition) is 1. The molecule has 25 heavy (non-hydrogen) atoms. The Morgan fingerprint density at radius 2 is 1.84 bits per heavy atom. The van der Waals surface area contributed by atoms with Crippen LogP contribution in [0.15, 0.2) is 53.0 Å². The predicted molar refractivity (Wildman–Crippen MR) is 94.1 cm³/mol. The molecule has 2 aromatic rings. The topological polar surface area (TPSA) is 98.5 Å². The van der Waals surface area contributed by atoms with Crippen LogP contribution in [0, 0.1) is 10.1 Å². The first kappa shape index (κ1) is 18.6. The number of nitrogens with zero attached hydrogens (tertiary/aromatic N) is 1. The molecule has 0 aliphatic rings. The molecule has 0 fully saturated rings. The number of benzene rings is 2. The number of amides is 1. The van der Waals surface area contributed by atoms with Gasteiger partial charge in [0, 0.05) is 10.5 Å². The predicted octanol–water partition coefficient (Wildman–Crippen LogP) is 3.39. The summed E-state index contributed by atoms with van der Waals surface area (Å²) >= 11 is 3.33. The van der Waals surface area contributed by atoms with Crippen molar-refractivity contribution in [3.63, 3.8) is 0 Å². The van der Waals surface area contributed by atoms with Crippen LogP contribution in [-0.2, 0) is 9.53 Å². The monoisotopic (exact) mass is 406 g/mol. The number of esters is 1. The van der Waals surface area contributed by atoms with E-state index in [2.05, 4.69) is 21.2 Å². The third-order valence-corrected chi connectivity index (χ3v) is 3.93. The molecular weight excluding hydrogens is 392 g/mol. The molecule has 0 radical (unpaired) electrons. The summed E-state index contributed by atoms with van der Waals surface area (Å²) in [6.07, 6.45) is 0. The van der Waals surface area contributed by atoms with Crippen molar-refractivity contribution < 1.29 is 19.2 Å². The summed E-state index contributed by atoms with van der Waals surface area (Å²) in [5.74, 6) is -1.42. The van der Waals surface area contributed by atoms with E-state index in [1.807, 2.05) is 24.3 Å². The van der Waals surface area contributed by atoms with E-state index in [9.17, 15) is 19.7 Å². The van der Waals surface area contributed by atoms with Gasteiger partial charge >= 0.3 is 5.97 Å². The first-order valence-corrected chi connectivity index (χ1v) is 8.13. The van der Waals surface area contributed by atoms with Crippen LogP contribution < -0.4 is 5.32 Å². The molecule has 0 unspecified atom stereocenters. The zero-order valence-electron chi connectivity index (χ0n) is 13.3. The Morgan fingerprint density at radius 3 is 2.48 bits per heavy atom. The number of ether oxygens (including phenoxy) is 1. The molecule has 0 spiro atoms. The van der Waals surface area contributed by atoms with E-state index in [0.29, 0.717) is 0 Å². The maximum Gasteiger partial charge on any atom is 0.345 e. The fourth-order valence-corrected chi connectivity index (χ4v) is 2.40. The van der Waals surface area contributed by atoms with Gasteiger partial charge in [-0.15, -0.1) is 0 Å². The largest absolute Gasteiger partial charge is 0.452 e. The van der Waals surface area contributed by atoms with Crippen molar-refractivity contribution >= 4 is 33.5 Å². The molecule has 2 aromatic carbocycles. The SMILES string of the molecule is C[C@H](NC(=O)COC(=O)c1ccccc1[N+](=O)[O-])c1ccc(Br)cc1. The van der Waals surface area contributed by atoms with E-state index in [-0.39, 0.29) is 17.3 Å². The molecule has 0 aliphatic carbocycles. The second-order valence-electron chi connectivity index (χ2n) is 5.19. The third kappa shape index (κ3) is 5.12. The number of nitrogens with one attached hydrogen (secondary N) is 1. The van der Waals surface area contributed by atoms with Gasteiger partial charge in [-0.1, -0.05) is 40.2 Å². The second kappa shape index (κ2) is 8.39. The molecule has 7 nitrogen and oxygen atoms in total. The van der Waals surface area contributed by atoms with Gasteiger partial charge in [0.05, 0.1) is 11.0 Å². The van der Waals surface area contributed by atoms with Crippen LogP contribution in [-0.4, -0.2) is 23.4 Å². The van der Waals surface area contributed by atoms with Crippen molar-refractivity contribution in [1.82, 2.24) is 5.32 Å². The maximum absolute atomic E-state index is 12.0. The molecule has 8 heteroatoms. The van der Waals surface area contributed by atoms with Crippen LogP contribution in [0.4, 0.5) is 5.69 Å². The minimum absolute atomic E-state index is 0.193. The Hall–Kier alpha value is -2.74. The lowest BCUT2D eigenvalue weighted by Gasteiger charge is -2.14. The number of carbonyl (C=O) groups excluding carboxylic acids is 2. The summed E-state index contributed by atoms with van der Waals surface area (Å²) in [6, 6.07) is 12.6. The van der Waals surface area contributed by atoms with Gasteiger partial charge in [-0.25, -0.2) is 4.79 Å². The van der Waals surface area contributed by atoms with Crippen molar-refractivity contribution in [2.75, 3.05) is 6.61 Å². The van der Waals surface area contributed by atoms with Crippen molar-refractivity contribution in [1.29, 1.82) is 0 Å². The van der Waals surface area contributed by atoms with Gasteiger partial charge < -0.3 is 10.1 Å². The van der Waals surface area contributed by atoms with Crippen molar-refractivity contribution in [2.24, 2.45) is 0 Å². The third-order valence-electron chi connectivity index (χ3n) is 3.40. The Balaban J connectivity index is 1.92. The summed E-state index contributed by atoms with van der Waals surface area (Å²) in [7, 11) is 0. The van der Waals surface area contributed by atoms with Gasteiger partial charge in [0.15, 0.2) is 6.61 Å². The number of nitro groups is 1. The molecule has 0 bridgehead atoms. The molecule has 1 amide bonds. The second-order valence-corrected chi connectivity index (χ2v) is 6.11. The van der Waals surface area contributed by atoms with Crippen molar-refractivity contribution in [2.45, 2.75) is 13.0 Å². The van der Waals surface area contributed by atoms with Crippen LogP contribution in [0.5, 0.6) is 0 Å². The molecule has 130 valence electrons. The van der Waals surface area contributed by atoms with E-state index in [4.69, 9.17) is 4.74 Å². The number of nitro benzene ring substituents is 1. The maximum atomic E-state index is 12.0. The highest BCUT2D eigenvalue weighted by molar-refractivity contribution is 9.10. The highest BCUT2D eigenvalue weighted by Gasteiger charge is 2.21. The number of hydrogen-bond acceptors (Lipinski definition) is 5. The molecule has 2 rings (SSSR count). The van der Waals surface area contributed by atoms with Gasteiger partial charge in [0.1, 0.15) is 5.56 Å². The normalized spacial score (nSPS) is 11.4. The zero-order chi connectivity index (χ0) is 18.4. The standard InChI is InChI=1S/C17H15BrN2O5/c1-11(12-6-8-13(18)9-7-12)19-16(21)10-25-17(22)14-4-2-3-5-15(14)20(23)24/h2-9,11H,10H2,1H3,(H,19,21)/t11-/m0/s1. The summed E-state index contributed by atoms with van der Waals surface area (Å²) in [5, 5.41) is 13.6. The summed E-state index contributed by atoms with van der Waals surface area (Å²) in [4.78, 5) is 34.1. The lowest BCUT2D eigenvalue weighted by molar-refractivity contribution is -0.385. The summed E-state index contributed by atoms with van der Waals surface area (Å²) in [5.41, 5.74) is 0.332. The summed E-state index contributed by atoms with van der Waals surface area (Å²) in [6.45, 7) is 1.27. The minimum atomic E-state index is -0.918. The zero-order valence-corrected chi connectivity index (χ0v) is 14.9. The van der Waals surface area contributed by atoms with Crippen LogP contribution in [0.3, 0.4) is 0 Å². The van der Waals surface area contributed by atoms with Crippen LogP contribution >= 0.6 is 15.9 Å². The molecule has 0 aromatic heterocycles. The highest BCUT2D eigenvalue weighted by atomic mass is 79.9. The molecule has 0 saturated carbocycles. The molecule has 1 N–H and O–H groups in total. The highest BCUT2D eigenvalue weighted by Crippen LogP contribution is 2.19. The van der Waals surface area contributed by atoms with E-state index >= 15 is 0 Å². The van der Waals surface area contributed by atoms with Crippen LogP contribution in [0.1, 0.15) is 28.9 Å². The Labute approximate surface area is 152 Å². The fourth-order valence-electron chi connectivity index (χ4n) is 2.13. The van der Waals surface area contributed by atoms with Gasteiger partial charge in [-0.2, -0.15) is 0 Å². The Morgan fingerprint density at radius 1 is 1.20 bits per heavy atom. The van der Waals surface area contributed by atoms with Crippen molar-refractivity contribution in [3.8, 4) is 0 Å². The average molecular weight is 407 g/mol. The van der Waals surface area contributed by atoms with Gasteiger partial charge in [0.25, 0.3) is 11.6 Å². The van der Waals surface area contributed by atoms with Gasteiger partial charge in [0.2, 0.25) is 0 Å². The first-order chi connectivity index (χ1) is 11.9. The van der Waals surface area contributed by atoms with Crippen LogP contribution in [0.25, 0.3) is 0 Å². The minimum Gasteiger partial charge on any atom is -0.452 e. The van der Waals surface area contributed by atoms with E-state index in [0.717, 1.165) is 10.0 Å². The Kier molecular flexibility index (Phi) is 6.24. The molecule has 1 atom stereocenters. The number of carbonyl (C=O) groups is 2. The number of para-hydroxylation sites is 1. The van der Waals surface area contributed by atoms with Gasteiger partial charge in [-0.3, -0.25) is 14.9 Å². The fraction of sp³-hybridized carbons (Fsp3) is 0.176. The molecular formula is C17H15BrN2O5. The molecule has 0 aliphatic heterocycles. The first-order valence-electron chi connectivity index (χ1n) is 7.34. The smallest absolute Gasteiger partial charge is 0.345 e. The molecule has 0 heterocycles. The average Bonchev–Trinajstić information content (AvgIpc) is 2.60. The van der Waals surface area contributed by atoms with Gasteiger partial charge in [-0.05, 0) is 30.7 Å². The lowest BCUT2D eigenvalue weighted by atomic mass is 10.1. The molecule has 0 saturated heterocycles. The lowest BCUT2D eigenvalue weighted by Crippen LogP contribution is -2.31. The van der Waals surface area contributed by atoms with E-state index in [1.165, 1.54) is 24.3 Å². The quantitative estimate of drug-likeness (QED) is 0.450. The van der Waals surface area contributed by atoms with Crippen molar-refractivity contribution in [3.05, 3.63) is 74.2 Å². The van der Waals surface area contributed by atoms with E-state index < -0.39 is 23.4 Å². The Bertz CT molecular complexity index is 792. The number of rotatable bonds is 6. The summed E-state index contributed by atoms with van der Waals surface area (Å²) < 4.78 is 5.80. The number of halogens is 1. The van der Waals surface area contributed by atoms with Crippen LogP contribution in [0.2, 0.25) is 0 Å².